The summed E-state index contributed by atoms with van der Waals surface area (Å²) in [5.74, 6) is -0.906. The minimum absolute atomic E-state index is 0.0503. The van der Waals surface area contributed by atoms with E-state index in [9.17, 15) is 18.9 Å². The van der Waals surface area contributed by atoms with Gasteiger partial charge in [0.05, 0.1) is 5.88 Å². The molecule has 0 atom stereocenters. The van der Waals surface area contributed by atoms with Crippen LogP contribution in [0.25, 0.3) is 0 Å². The highest BCUT2D eigenvalue weighted by Crippen LogP contribution is 2.31. The van der Waals surface area contributed by atoms with Crippen LogP contribution in [-0.4, -0.2) is 9.91 Å². The van der Waals surface area contributed by atoms with Crippen LogP contribution in [0.1, 0.15) is 17.6 Å². The van der Waals surface area contributed by atoms with Gasteiger partial charge in [0.25, 0.3) is 6.43 Å². The first-order valence-corrected chi connectivity index (χ1v) is 4.98. The maximum atomic E-state index is 12.4. The highest BCUT2D eigenvalue weighted by atomic mass is 79.9. The van der Waals surface area contributed by atoms with Gasteiger partial charge in [-0.05, 0) is 16.0 Å². The summed E-state index contributed by atoms with van der Waals surface area (Å²) in [5.41, 5.74) is -0.434. The molecule has 1 heterocycles. The second-order valence-electron chi connectivity index (χ2n) is 2.54. The van der Waals surface area contributed by atoms with E-state index in [0.29, 0.717) is 0 Å². The third-order valence-corrected chi connectivity index (χ3v) is 2.58. The summed E-state index contributed by atoms with van der Waals surface area (Å²) >= 11 is 8.37. The van der Waals surface area contributed by atoms with Crippen molar-refractivity contribution < 1.29 is 13.7 Å². The van der Waals surface area contributed by atoms with E-state index >= 15 is 0 Å². The Balaban J connectivity index is 3.38. The van der Waals surface area contributed by atoms with Gasteiger partial charge in [0.15, 0.2) is 0 Å². The van der Waals surface area contributed by atoms with Crippen LogP contribution in [0, 0.1) is 10.1 Å². The van der Waals surface area contributed by atoms with Gasteiger partial charge >= 0.3 is 5.82 Å². The lowest BCUT2D eigenvalue weighted by atomic mass is 10.2. The van der Waals surface area contributed by atoms with Gasteiger partial charge in [-0.3, -0.25) is 0 Å². The molecule has 0 radical (unpaired) electrons. The highest BCUT2D eigenvalue weighted by Gasteiger charge is 2.26. The Morgan fingerprint density at radius 2 is 2.27 bits per heavy atom. The molecule has 0 fully saturated rings. The third-order valence-electron chi connectivity index (χ3n) is 1.61. The smallest absolute Gasteiger partial charge is 0.358 e. The van der Waals surface area contributed by atoms with E-state index in [1.807, 2.05) is 0 Å². The van der Waals surface area contributed by atoms with Crippen LogP contribution >= 0.6 is 27.5 Å². The van der Waals surface area contributed by atoms with Crippen molar-refractivity contribution in [2.45, 2.75) is 12.3 Å². The van der Waals surface area contributed by atoms with Crippen molar-refractivity contribution in [2.24, 2.45) is 0 Å². The lowest BCUT2D eigenvalue weighted by Crippen LogP contribution is -2.01. The van der Waals surface area contributed by atoms with E-state index in [-0.39, 0.29) is 16.0 Å². The highest BCUT2D eigenvalue weighted by molar-refractivity contribution is 9.10. The molecule has 0 N–H and O–H groups in total. The van der Waals surface area contributed by atoms with E-state index in [4.69, 9.17) is 11.6 Å². The first-order chi connectivity index (χ1) is 6.97. The molecule has 0 bridgehead atoms. The molecule has 0 unspecified atom stereocenters. The number of halogens is 4. The maximum Gasteiger partial charge on any atom is 0.373 e. The molecule has 1 aromatic heterocycles. The molecule has 0 aliphatic heterocycles. The van der Waals surface area contributed by atoms with E-state index in [2.05, 4.69) is 20.9 Å². The largest absolute Gasteiger partial charge is 0.373 e. The summed E-state index contributed by atoms with van der Waals surface area (Å²) in [5, 5.41) is 10.4. The zero-order valence-corrected chi connectivity index (χ0v) is 9.43. The van der Waals surface area contributed by atoms with Gasteiger partial charge in [-0.15, -0.1) is 11.6 Å². The summed E-state index contributed by atoms with van der Waals surface area (Å²) in [4.78, 5) is 12.9. The molecule has 82 valence electrons. The second kappa shape index (κ2) is 4.80. The zero-order valence-electron chi connectivity index (χ0n) is 7.08. The average Bonchev–Trinajstić information content (AvgIpc) is 2.16. The molecule has 8 heteroatoms. The van der Waals surface area contributed by atoms with Crippen LogP contribution < -0.4 is 0 Å². The molecule has 0 saturated heterocycles. The predicted octanol–water partition coefficient (Wildman–Crippen LogP) is 3.43. The number of alkyl halides is 3. The number of rotatable bonds is 3. The fourth-order valence-corrected chi connectivity index (χ4v) is 1.73. The van der Waals surface area contributed by atoms with Crippen molar-refractivity contribution in [3.8, 4) is 0 Å². The van der Waals surface area contributed by atoms with Crippen molar-refractivity contribution in [3.63, 3.8) is 0 Å². The van der Waals surface area contributed by atoms with Crippen molar-refractivity contribution in [3.05, 3.63) is 31.9 Å². The lowest BCUT2D eigenvalue weighted by Gasteiger charge is -2.03. The van der Waals surface area contributed by atoms with Crippen LogP contribution in [0.4, 0.5) is 14.6 Å². The Kier molecular flexibility index (Phi) is 3.92. The molecule has 0 spiro atoms. The SMILES string of the molecule is O=[N+]([O-])c1nc(Br)c(CCl)cc1C(F)F. The van der Waals surface area contributed by atoms with E-state index in [1.54, 1.807) is 0 Å². The third kappa shape index (κ3) is 2.60. The van der Waals surface area contributed by atoms with Gasteiger partial charge in [-0.2, -0.15) is 0 Å². The fraction of sp³-hybridized carbons (Fsp3) is 0.286. The first-order valence-electron chi connectivity index (χ1n) is 3.65. The summed E-state index contributed by atoms with van der Waals surface area (Å²) in [6, 6.07) is 0.979. The topological polar surface area (TPSA) is 56.0 Å². The van der Waals surface area contributed by atoms with Crippen LogP contribution in [0.15, 0.2) is 10.7 Å². The van der Waals surface area contributed by atoms with Crippen molar-refractivity contribution in [1.29, 1.82) is 0 Å². The van der Waals surface area contributed by atoms with Crippen molar-refractivity contribution in [1.82, 2.24) is 4.98 Å². The Morgan fingerprint density at radius 3 is 2.67 bits per heavy atom. The molecule has 0 aromatic carbocycles. The predicted molar refractivity (Wildman–Crippen MR) is 53.1 cm³/mol. The van der Waals surface area contributed by atoms with Crippen LogP contribution in [0.2, 0.25) is 0 Å². The Labute approximate surface area is 96.5 Å². The van der Waals surface area contributed by atoms with E-state index < -0.39 is 22.7 Å². The average molecular weight is 301 g/mol. The van der Waals surface area contributed by atoms with Crippen molar-refractivity contribution >= 4 is 33.3 Å². The summed E-state index contributed by atoms with van der Waals surface area (Å²) in [7, 11) is 0. The molecular formula is C7H4BrClF2N2O2. The molecule has 15 heavy (non-hydrogen) atoms. The minimum atomic E-state index is -2.95. The monoisotopic (exact) mass is 300 g/mol. The standard InChI is InChI=1S/C7H4BrClF2N2O2/c8-5-3(2-9)1-4(6(10)11)7(12-5)13(14)15/h1,6H,2H2. The van der Waals surface area contributed by atoms with Gasteiger partial charge in [0, 0.05) is 21.5 Å². The van der Waals surface area contributed by atoms with Gasteiger partial charge in [-0.1, -0.05) is 0 Å². The molecule has 0 saturated carbocycles. The fourth-order valence-electron chi connectivity index (χ4n) is 0.942. The molecule has 1 aromatic rings. The molecule has 0 amide bonds. The first kappa shape index (κ1) is 12.3. The Bertz CT molecular complexity index is 403. The summed E-state index contributed by atoms with van der Waals surface area (Å²) in [6.45, 7) is 0. The number of hydrogen-bond donors (Lipinski definition) is 0. The van der Waals surface area contributed by atoms with Crippen LogP contribution in [0.3, 0.4) is 0 Å². The van der Waals surface area contributed by atoms with E-state index in [1.165, 1.54) is 0 Å². The number of pyridine rings is 1. The minimum Gasteiger partial charge on any atom is -0.358 e. The molecular weight excluding hydrogens is 297 g/mol. The molecule has 4 nitrogen and oxygen atoms in total. The molecule has 0 aliphatic carbocycles. The Hall–Kier alpha value is -0.820. The van der Waals surface area contributed by atoms with Crippen molar-refractivity contribution in [2.75, 3.05) is 0 Å². The maximum absolute atomic E-state index is 12.4. The van der Waals surface area contributed by atoms with Gasteiger partial charge < -0.3 is 10.1 Å². The Morgan fingerprint density at radius 1 is 1.67 bits per heavy atom. The van der Waals surface area contributed by atoms with Gasteiger partial charge in [0.2, 0.25) is 4.60 Å². The summed E-state index contributed by atoms with van der Waals surface area (Å²) in [6.07, 6.45) is -2.95. The summed E-state index contributed by atoms with van der Waals surface area (Å²) < 4.78 is 25.0. The normalized spacial score (nSPS) is 10.7. The number of nitrogens with zero attached hydrogens (tertiary/aromatic N) is 2. The zero-order chi connectivity index (χ0) is 11.6. The van der Waals surface area contributed by atoms with Gasteiger partial charge in [-0.25, -0.2) is 8.78 Å². The second-order valence-corrected chi connectivity index (χ2v) is 3.56. The van der Waals surface area contributed by atoms with E-state index in [0.717, 1.165) is 6.07 Å². The number of hydrogen-bond acceptors (Lipinski definition) is 3. The molecule has 1 rings (SSSR count). The van der Waals surface area contributed by atoms with Gasteiger partial charge in [0.1, 0.15) is 5.56 Å². The van der Waals surface area contributed by atoms with Crippen LogP contribution in [-0.2, 0) is 5.88 Å². The van der Waals surface area contributed by atoms with Crippen LogP contribution in [0.5, 0.6) is 0 Å². The number of aromatic nitrogens is 1. The molecule has 0 aliphatic rings. The quantitative estimate of drug-likeness (QED) is 0.372. The lowest BCUT2D eigenvalue weighted by molar-refractivity contribution is -0.391. The number of nitro groups is 1.